The number of hydrogen-bond donors (Lipinski definition) is 1. The maximum atomic E-state index is 4.63. The van der Waals surface area contributed by atoms with Crippen molar-refractivity contribution in [3.05, 3.63) is 47.7 Å². The molecule has 0 saturated heterocycles. The number of nitrogens with zero attached hydrogens (tertiary/aromatic N) is 3. The minimum absolute atomic E-state index is 0.678. The molecule has 118 valence electrons. The Bertz CT molecular complexity index is 581. The molecule has 1 aromatic carbocycles. The summed E-state index contributed by atoms with van der Waals surface area (Å²) in [6.45, 7) is 8.19. The van der Waals surface area contributed by atoms with Crippen molar-refractivity contribution in [2.24, 2.45) is 5.92 Å². The number of aryl methyl sites for hydroxylation is 1. The fourth-order valence-corrected chi connectivity index (χ4v) is 2.24. The summed E-state index contributed by atoms with van der Waals surface area (Å²) in [5.41, 5.74) is 2.26. The Morgan fingerprint density at radius 3 is 2.55 bits per heavy atom. The summed E-state index contributed by atoms with van der Waals surface area (Å²) >= 11 is 0. The smallest absolute Gasteiger partial charge is 0.224 e. The molecule has 4 nitrogen and oxygen atoms in total. The zero-order valence-electron chi connectivity index (χ0n) is 14.0. The van der Waals surface area contributed by atoms with E-state index in [2.05, 4.69) is 65.3 Å². The second-order valence-electron chi connectivity index (χ2n) is 6.14. The fourth-order valence-electron chi connectivity index (χ4n) is 2.24. The molecule has 0 aliphatic heterocycles. The van der Waals surface area contributed by atoms with E-state index in [1.807, 2.05) is 19.1 Å². The summed E-state index contributed by atoms with van der Waals surface area (Å²) < 4.78 is 0. The molecule has 0 aliphatic rings. The Morgan fingerprint density at radius 2 is 1.86 bits per heavy atom. The number of aromatic nitrogens is 2. The van der Waals surface area contributed by atoms with E-state index in [4.69, 9.17) is 0 Å². The molecule has 1 aromatic heterocycles. The van der Waals surface area contributed by atoms with Crippen molar-refractivity contribution in [2.45, 2.75) is 33.7 Å². The molecule has 0 aliphatic carbocycles. The van der Waals surface area contributed by atoms with Gasteiger partial charge in [0.2, 0.25) is 5.95 Å². The van der Waals surface area contributed by atoms with E-state index >= 15 is 0 Å². The Balaban J connectivity index is 2.05. The van der Waals surface area contributed by atoms with Crippen LogP contribution >= 0.6 is 0 Å². The highest BCUT2D eigenvalue weighted by molar-refractivity contribution is 5.44. The van der Waals surface area contributed by atoms with Gasteiger partial charge in [0.25, 0.3) is 0 Å². The highest BCUT2D eigenvalue weighted by atomic mass is 15.2. The molecular formula is C18H26N4. The first kappa shape index (κ1) is 16.3. The van der Waals surface area contributed by atoms with Crippen LogP contribution in [0.1, 0.15) is 31.5 Å². The van der Waals surface area contributed by atoms with E-state index < -0.39 is 0 Å². The quantitative estimate of drug-likeness (QED) is 0.842. The van der Waals surface area contributed by atoms with E-state index in [-0.39, 0.29) is 0 Å². The Hall–Kier alpha value is -2.10. The molecule has 1 heterocycles. The fraction of sp³-hybridized carbons (Fsp3) is 0.444. The molecule has 0 saturated carbocycles. The first-order valence-electron chi connectivity index (χ1n) is 7.89. The third kappa shape index (κ3) is 5.02. The minimum atomic E-state index is 0.678. The molecule has 0 spiro atoms. The van der Waals surface area contributed by atoms with Gasteiger partial charge in [-0.2, -0.15) is 4.98 Å². The van der Waals surface area contributed by atoms with E-state index in [0.717, 1.165) is 37.0 Å². The summed E-state index contributed by atoms with van der Waals surface area (Å²) in [4.78, 5) is 11.3. The van der Waals surface area contributed by atoms with E-state index in [0.29, 0.717) is 5.92 Å². The third-order valence-electron chi connectivity index (χ3n) is 3.50. The van der Waals surface area contributed by atoms with Crippen LogP contribution in [0.3, 0.4) is 0 Å². The van der Waals surface area contributed by atoms with E-state index in [1.165, 1.54) is 5.56 Å². The maximum absolute atomic E-state index is 4.63. The molecule has 2 aromatic rings. The summed E-state index contributed by atoms with van der Waals surface area (Å²) in [7, 11) is 2.06. The zero-order chi connectivity index (χ0) is 15.9. The molecule has 0 bridgehead atoms. The second-order valence-corrected chi connectivity index (χ2v) is 6.14. The van der Waals surface area contributed by atoms with Gasteiger partial charge in [-0.05, 0) is 24.8 Å². The van der Waals surface area contributed by atoms with Crippen LogP contribution in [0.15, 0.2) is 36.4 Å². The molecular weight excluding hydrogens is 272 g/mol. The standard InChI is InChI=1S/C18H26N4/c1-14(2)10-11-19-18-20-15(3)12-17(21-18)22(4)13-16-8-6-5-7-9-16/h5-9,12,14H,10-11,13H2,1-4H3,(H,19,20,21). The van der Waals surface area contributed by atoms with Gasteiger partial charge in [-0.3, -0.25) is 0 Å². The number of nitrogens with one attached hydrogen (secondary N) is 1. The molecule has 22 heavy (non-hydrogen) atoms. The lowest BCUT2D eigenvalue weighted by molar-refractivity contribution is 0.605. The van der Waals surface area contributed by atoms with Crippen LogP contribution in [0.25, 0.3) is 0 Å². The van der Waals surface area contributed by atoms with Crippen molar-refractivity contribution in [1.82, 2.24) is 9.97 Å². The molecule has 0 atom stereocenters. The lowest BCUT2D eigenvalue weighted by Gasteiger charge is -2.19. The first-order chi connectivity index (χ1) is 10.5. The largest absolute Gasteiger partial charge is 0.355 e. The van der Waals surface area contributed by atoms with Gasteiger partial charge in [-0.25, -0.2) is 4.98 Å². The molecule has 4 heteroatoms. The zero-order valence-corrected chi connectivity index (χ0v) is 14.0. The molecule has 0 amide bonds. The Labute approximate surface area is 133 Å². The minimum Gasteiger partial charge on any atom is -0.355 e. The van der Waals surface area contributed by atoms with Gasteiger partial charge in [-0.1, -0.05) is 44.2 Å². The summed E-state index contributed by atoms with van der Waals surface area (Å²) in [5.74, 6) is 2.34. The van der Waals surface area contributed by atoms with E-state index in [9.17, 15) is 0 Å². The first-order valence-corrected chi connectivity index (χ1v) is 7.89. The van der Waals surface area contributed by atoms with Crippen LogP contribution < -0.4 is 10.2 Å². The van der Waals surface area contributed by atoms with Crippen LogP contribution in [0.4, 0.5) is 11.8 Å². The molecule has 0 fully saturated rings. The average Bonchev–Trinajstić information content (AvgIpc) is 2.47. The summed E-state index contributed by atoms with van der Waals surface area (Å²) in [6.07, 6.45) is 1.12. The lowest BCUT2D eigenvalue weighted by Crippen LogP contribution is -2.19. The second kappa shape index (κ2) is 7.78. The molecule has 2 rings (SSSR count). The van der Waals surface area contributed by atoms with Gasteiger partial charge in [0.15, 0.2) is 0 Å². The van der Waals surface area contributed by atoms with Crippen molar-refractivity contribution < 1.29 is 0 Å². The van der Waals surface area contributed by atoms with Crippen LogP contribution in [0.5, 0.6) is 0 Å². The highest BCUT2D eigenvalue weighted by Gasteiger charge is 2.07. The van der Waals surface area contributed by atoms with Crippen molar-refractivity contribution >= 4 is 11.8 Å². The third-order valence-corrected chi connectivity index (χ3v) is 3.50. The number of hydrogen-bond acceptors (Lipinski definition) is 4. The predicted octanol–water partition coefficient (Wildman–Crippen LogP) is 3.88. The monoisotopic (exact) mass is 298 g/mol. The average molecular weight is 298 g/mol. The molecule has 0 radical (unpaired) electrons. The highest BCUT2D eigenvalue weighted by Crippen LogP contribution is 2.16. The van der Waals surface area contributed by atoms with Gasteiger partial charge >= 0.3 is 0 Å². The van der Waals surface area contributed by atoms with Crippen molar-refractivity contribution in [3.8, 4) is 0 Å². The van der Waals surface area contributed by atoms with Gasteiger partial charge < -0.3 is 10.2 Å². The maximum Gasteiger partial charge on any atom is 0.224 e. The van der Waals surface area contributed by atoms with Crippen molar-refractivity contribution in [2.75, 3.05) is 23.8 Å². The lowest BCUT2D eigenvalue weighted by atomic mass is 10.1. The van der Waals surface area contributed by atoms with Crippen LogP contribution in [0, 0.1) is 12.8 Å². The van der Waals surface area contributed by atoms with Gasteiger partial charge in [0.1, 0.15) is 5.82 Å². The summed E-state index contributed by atoms with van der Waals surface area (Å²) in [6, 6.07) is 12.4. The predicted molar refractivity (Wildman–Crippen MR) is 93.3 cm³/mol. The number of rotatable bonds is 7. The molecule has 0 unspecified atom stereocenters. The normalized spacial score (nSPS) is 10.8. The van der Waals surface area contributed by atoms with Crippen molar-refractivity contribution in [3.63, 3.8) is 0 Å². The van der Waals surface area contributed by atoms with Crippen LogP contribution in [-0.4, -0.2) is 23.6 Å². The summed E-state index contributed by atoms with van der Waals surface area (Å²) in [5, 5.41) is 3.33. The topological polar surface area (TPSA) is 41.1 Å². The Kier molecular flexibility index (Phi) is 5.75. The number of benzene rings is 1. The van der Waals surface area contributed by atoms with Gasteiger partial charge in [-0.15, -0.1) is 0 Å². The SMILES string of the molecule is Cc1cc(N(C)Cc2ccccc2)nc(NCCC(C)C)n1. The van der Waals surface area contributed by atoms with Gasteiger partial charge in [0.05, 0.1) is 0 Å². The van der Waals surface area contributed by atoms with Gasteiger partial charge in [0, 0.05) is 31.9 Å². The van der Waals surface area contributed by atoms with Crippen LogP contribution in [-0.2, 0) is 6.54 Å². The Morgan fingerprint density at radius 1 is 1.14 bits per heavy atom. The van der Waals surface area contributed by atoms with Crippen molar-refractivity contribution in [1.29, 1.82) is 0 Å². The van der Waals surface area contributed by atoms with E-state index in [1.54, 1.807) is 0 Å². The number of anilines is 2. The van der Waals surface area contributed by atoms with Crippen LogP contribution in [0.2, 0.25) is 0 Å². The molecule has 1 N–H and O–H groups in total.